The quantitative estimate of drug-likeness (QED) is 0.835. The summed E-state index contributed by atoms with van der Waals surface area (Å²) in [5.41, 5.74) is 2.82. The van der Waals surface area contributed by atoms with Crippen LogP contribution in [0.5, 0.6) is 5.75 Å². The van der Waals surface area contributed by atoms with E-state index in [-0.39, 0.29) is 18.3 Å². The zero-order valence-electron chi connectivity index (χ0n) is 15.4. The predicted octanol–water partition coefficient (Wildman–Crippen LogP) is 2.66. The van der Waals surface area contributed by atoms with E-state index in [2.05, 4.69) is 10.5 Å². The van der Waals surface area contributed by atoms with Gasteiger partial charge in [0.2, 0.25) is 5.91 Å². The molecule has 1 unspecified atom stereocenters. The van der Waals surface area contributed by atoms with Gasteiger partial charge in [0.1, 0.15) is 18.1 Å². The average Bonchev–Trinajstić information content (AvgIpc) is 3.25. The van der Waals surface area contributed by atoms with Crippen LogP contribution in [0.15, 0.2) is 28.8 Å². The Morgan fingerprint density at radius 3 is 2.65 bits per heavy atom. The van der Waals surface area contributed by atoms with Gasteiger partial charge in [-0.25, -0.2) is 0 Å². The lowest BCUT2D eigenvalue weighted by Crippen LogP contribution is -2.39. The van der Waals surface area contributed by atoms with Crippen LogP contribution >= 0.6 is 12.4 Å². The van der Waals surface area contributed by atoms with Gasteiger partial charge in [0, 0.05) is 19.6 Å². The van der Waals surface area contributed by atoms with Crippen molar-refractivity contribution in [1.29, 1.82) is 0 Å². The Hall–Kier alpha value is -2.05. The molecule has 1 N–H and O–H groups in total. The van der Waals surface area contributed by atoms with Gasteiger partial charge in [-0.2, -0.15) is 0 Å². The van der Waals surface area contributed by atoms with Crippen molar-refractivity contribution in [1.82, 2.24) is 15.4 Å². The largest absolute Gasteiger partial charge is 0.489 e. The van der Waals surface area contributed by atoms with E-state index in [0.29, 0.717) is 19.1 Å². The van der Waals surface area contributed by atoms with Crippen LogP contribution in [0, 0.1) is 13.8 Å². The summed E-state index contributed by atoms with van der Waals surface area (Å²) in [6.45, 7) is 6.08. The summed E-state index contributed by atoms with van der Waals surface area (Å²) < 4.78 is 10.9. The number of benzene rings is 1. The summed E-state index contributed by atoms with van der Waals surface area (Å²) in [6, 6.07) is 8.00. The van der Waals surface area contributed by atoms with Crippen LogP contribution in [-0.2, 0) is 17.8 Å². The topological polar surface area (TPSA) is 67.6 Å². The van der Waals surface area contributed by atoms with Crippen molar-refractivity contribution < 1.29 is 14.1 Å². The molecule has 0 saturated carbocycles. The second kappa shape index (κ2) is 9.05. The van der Waals surface area contributed by atoms with Gasteiger partial charge < -0.3 is 19.5 Å². The zero-order chi connectivity index (χ0) is 17.8. The van der Waals surface area contributed by atoms with Crippen LogP contribution in [-0.4, -0.2) is 42.1 Å². The number of nitrogens with one attached hydrogen (secondary N) is 1. The lowest BCUT2D eigenvalue weighted by molar-refractivity contribution is -0.130. The molecule has 1 aromatic carbocycles. The molecule has 6 nitrogen and oxygen atoms in total. The number of halogens is 1. The van der Waals surface area contributed by atoms with E-state index >= 15 is 0 Å². The highest BCUT2D eigenvalue weighted by Gasteiger charge is 2.23. The molecule has 142 valence electrons. The van der Waals surface area contributed by atoms with Crippen LogP contribution in [0.4, 0.5) is 0 Å². The monoisotopic (exact) mass is 379 g/mol. The Labute approximate surface area is 160 Å². The molecule has 26 heavy (non-hydrogen) atoms. The molecule has 1 aliphatic heterocycles. The van der Waals surface area contributed by atoms with Gasteiger partial charge in [-0.3, -0.25) is 4.79 Å². The number of nitrogens with zero attached hydrogens (tertiary/aromatic N) is 2. The van der Waals surface area contributed by atoms with Crippen molar-refractivity contribution >= 4 is 18.3 Å². The number of likely N-dealkylation sites (N-methyl/N-ethyl adjacent to an activating group) is 1. The second-order valence-corrected chi connectivity index (χ2v) is 6.56. The number of hydrogen-bond acceptors (Lipinski definition) is 5. The Kier molecular flexibility index (Phi) is 7.06. The van der Waals surface area contributed by atoms with Crippen LogP contribution in [0.3, 0.4) is 0 Å². The first-order chi connectivity index (χ1) is 12.0. The maximum atomic E-state index is 12.4. The van der Waals surface area contributed by atoms with Crippen molar-refractivity contribution in [3.05, 3.63) is 46.8 Å². The standard InChI is InChI=1S/C19H25N3O3.ClH/c1-13-18(14(2)25-21-13)12-24-17-6-4-15(5-7-17)10-19(23)22(3)16-8-9-20-11-16;/h4-7,16,20H,8-12H2,1-3H3;1H. The number of carbonyl (C=O) groups is 1. The molecule has 3 rings (SSSR count). The van der Waals surface area contributed by atoms with E-state index in [1.807, 2.05) is 50.1 Å². The third kappa shape index (κ3) is 4.77. The number of aromatic nitrogens is 1. The normalized spacial score (nSPS) is 16.2. The predicted molar refractivity (Wildman–Crippen MR) is 102 cm³/mol. The molecule has 1 saturated heterocycles. The summed E-state index contributed by atoms with van der Waals surface area (Å²) in [5.74, 6) is 1.70. The molecule has 1 aromatic heterocycles. The fraction of sp³-hybridized carbons (Fsp3) is 0.474. The second-order valence-electron chi connectivity index (χ2n) is 6.56. The van der Waals surface area contributed by atoms with E-state index in [9.17, 15) is 4.79 Å². The van der Waals surface area contributed by atoms with Crippen molar-refractivity contribution in [2.75, 3.05) is 20.1 Å². The van der Waals surface area contributed by atoms with Crippen molar-refractivity contribution in [3.8, 4) is 5.75 Å². The summed E-state index contributed by atoms with van der Waals surface area (Å²) in [4.78, 5) is 14.3. The van der Waals surface area contributed by atoms with E-state index in [1.54, 1.807) is 0 Å². The lowest BCUT2D eigenvalue weighted by atomic mass is 10.1. The van der Waals surface area contributed by atoms with Gasteiger partial charge in [-0.15, -0.1) is 12.4 Å². The molecular formula is C19H26ClN3O3. The van der Waals surface area contributed by atoms with E-state index in [4.69, 9.17) is 9.26 Å². The molecule has 0 aliphatic carbocycles. The molecule has 0 spiro atoms. The van der Waals surface area contributed by atoms with Crippen LogP contribution in [0.1, 0.15) is 29.0 Å². The Morgan fingerprint density at radius 2 is 2.08 bits per heavy atom. The molecule has 7 heteroatoms. The number of aryl methyl sites for hydroxylation is 2. The minimum Gasteiger partial charge on any atom is -0.489 e. The minimum absolute atomic E-state index is 0. The first kappa shape index (κ1) is 20.3. The van der Waals surface area contributed by atoms with E-state index in [1.165, 1.54) is 0 Å². The first-order valence-electron chi connectivity index (χ1n) is 8.64. The van der Waals surface area contributed by atoms with Gasteiger partial charge in [0.25, 0.3) is 0 Å². The highest BCUT2D eigenvalue weighted by molar-refractivity contribution is 5.85. The number of rotatable bonds is 6. The summed E-state index contributed by atoms with van der Waals surface area (Å²) in [5, 5.41) is 7.21. The highest BCUT2D eigenvalue weighted by Crippen LogP contribution is 2.18. The molecule has 2 heterocycles. The van der Waals surface area contributed by atoms with Gasteiger partial charge >= 0.3 is 0 Å². The number of ether oxygens (including phenoxy) is 1. The SMILES string of the molecule is Cc1noc(C)c1COc1ccc(CC(=O)N(C)C2CCNC2)cc1.Cl. The van der Waals surface area contributed by atoms with Crippen molar-refractivity contribution in [3.63, 3.8) is 0 Å². The number of amides is 1. The Balaban J connectivity index is 0.00000243. The maximum Gasteiger partial charge on any atom is 0.227 e. The first-order valence-corrected chi connectivity index (χ1v) is 8.64. The van der Waals surface area contributed by atoms with Crippen molar-refractivity contribution in [2.24, 2.45) is 0 Å². The van der Waals surface area contributed by atoms with E-state index in [0.717, 1.165) is 47.8 Å². The zero-order valence-corrected chi connectivity index (χ0v) is 16.3. The summed E-state index contributed by atoms with van der Waals surface area (Å²) in [7, 11) is 1.89. The van der Waals surface area contributed by atoms with Gasteiger partial charge in [0.05, 0.1) is 17.7 Å². The third-order valence-electron chi connectivity index (χ3n) is 4.82. The van der Waals surface area contributed by atoms with E-state index < -0.39 is 0 Å². The Bertz CT molecular complexity index is 705. The summed E-state index contributed by atoms with van der Waals surface area (Å²) in [6.07, 6.45) is 1.44. The lowest BCUT2D eigenvalue weighted by Gasteiger charge is -2.23. The molecule has 0 bridgehead atoms. The van der Waals surface area contributed by atoms with Gasteiger partial charge in [0.15, 0.2) is 0 Å². The molecule has 1 aliphatic rings. The molecule has 0 radical (unpaired) electrons. The van der Waals surface area contributed by atoms with Gasteiger partial charge in [-0.1, -0.05) is 17.3 Å². The molecule has 1 amide bonds. The third-order valence-corrected chi connectivity index (χ3v) is 4.82. The molecule has 1 atom stereocenters. The number of carbonyl (C=O) groups excluding carboxylic acids is 1. The van der Waals surface area contributed by atoms with Crippen LogP contribution < -0.4 is 10.1 Å². The van der Waals surface area contributed by atoms with Crippen molar-refractivity contribution in [2.45, 2.75) is 39.3 Å². The fourth-order valence-electron chi connectivity index (χ4n) is 3.04. The van der Waals surface area contributed by atoms with Crippen LogP contribution in [0.2, 0.25) is 0 Å². The van der Waals surface area contributed by atoms with Gasteiger partial charge in [-0.05, 0) is 44.5 Å². The Morgan fingerprint density at radius 1 is 1.35 bits per heavy atom. The highest BCUT2D eigenvalue weighted by atomic mass is 35.5. The maximum absolute atomic E-state index is 12.4. The fourth-order valence-corrected chi connectivity index (χ4v) is 3.04. The molecule has 1 fully saturated rings. The minimum atomic E-state index is 0. The smallest absolute Gasteiger partial charge is 0.227 e. The number of hydrogen-bond donors (Lipinski definition) is 1. The molecule has 2 aromatic rings. The molecular weight excluding hydrogens is 354 g/mol. The van der Waals surface area contributed by atoms with Crippen LogP contribution in [0.25, 0.3) is 0 Å². The average molecular weight is 380 g/mol. The summed E-state index contributed by atoms with van der Waals surface area (Å²) >= 11 is 0.